The van der Waals surface area contributed by atoms with E-state index in [4.69, 9.17) is 16.3 Å². The molecule has 1 aliphatic carbocycles. The van der Waals surface area contributed by atoms with E-state index in [9.17, 15) is 18.4 Å². The second-order valence-electron chi connectivity index (χ2n) is 9.50. The predicted octanol–water partition coefficient (Wildman–Crippen LogP) is 4.07. The second-order valence-corrected chi connectivity index (χ2v) is 9.90. The van der Waals surface area contributed by atoms with Gasteiger partial charge >= 0.3 is 0 Å². The number of halogens is 3. The van der Waals surface area contributed by atoms with Gasteiger partial charge < -0.3 is 15.0 Å². The molecule has 4 heterocycles. The minimum atomic E-state index is -0.580. The van der Waals surface area contributed by atoms with Gasteiger partial charge in [0.15, 0.2) is 5.82 Å². The number of hydrogen-bond donors (Lipinski definition) is 2. The third kappa shape index (κ3) is 4.87. The standard InChI is InChI=1S/C25H25ClF2N6O3/c1-13(22-17(26)7-15(27)11-30-22)31-23(35)14-3-6-34(25(10-14)4-5-25)24(36)20-9-19(32-33-20)16-8-21(37-2)29-12-18(16)28/h7-9,11-14H,3-6,10H2,1-2H3,(H,31,35)(H,32,33)/t13-,14-/m0/s1. The van der Waals surface area contributed by atoms with Gasteiger partial charge in [-0.05, 0) is 44.7 Å². The molecule has 3 aromatic heterocycles. The number of methoxy groups -OCH3 is 1. The largest absolute Gasteiger partial charge is 0.481 e. The van der Waals surface area contributed by atoms with Crippen LogP contribution in [-0.4, -0.2) is 56.1 Å². The fourth-order valence-electron chi connectivity index (χ4n) is 4.94. The van der Waals surface area contributed by atoms with Crippen molar-refractivity contribution in [2.45, 2.75) is 44.2 Å². The molecule has 2 atom stereocenters. The summed E-state index contributed by atoms with van der Waals surface area (Å²) in [5.41, 5.74) is 0.669. The van der Waals surface area contributed by atoms with Crippen LogP contribution >= 0.6 is 11.6 Å². The van der Waals surface area contributed by atoms with Crippen molar-refractivity contribution >= 4 is 23.4 Å². The first kappa shape index (κ1) is 25.1. The molecule has 1 saturated carbocycles. The van der Waals surface area contributed by atoms with Crippen LogP contribution in [0.5, 0.6) is 5.88 Å². The van der Waals surface area contributed by atoms with Crippen molar-refractivity contribution < 1.29 is 23.1 Å². The first-order valence-electron chi connectivity index (χ1n) is 11.9. The number of carbonyl (C=O) groups is 2. The zero-order valence-corrected chi connectivity index (χ0v) is 21.0. The van der Waals surface area contributed by atoms with Crippen LogP contribution in [0.2, 0.25) is 5.02 Å². The maximum Gasteiger partial charge on any atom is 0.272 e. The quantitative estimate of drug-likeness (QED) is 0.497. The Labute approximate surface area is 216 Å². The van der Waals surface area contributed by atoms with Crippen LogP contribution in [0, 0.1) is 17.6 Å². The van der Waals surface area contributed by atoms with Gasteiger partial charge in [0.2, 0.25) is 11.8 Å². The number of amides is 2. The molecule has 1 spiro atoms. The average Bonchev–Trinajstić information content (AvgIpc) is 3.45. The molecule has 0 radical (unpaired) electrons. The molecule has 2 aliphatic rings. The van der Waals surface area contributed by atoms with Crippen molar-refractivity contribution in [3.63, 3.8) is 0 Å². The molecular weight excluding hydrogens is 506 g/mol. The van der Waals surface area contributed by atoms with Gasteiger partial charge in [-0.2, -0.15) is 5.10 Å². The third-order valence-electron chi connectivity index (χ3n) is 7.07. The molecule has 0 aromatic carbocycles. The van der Waals surface area contributed by atoms with E-state index in [-0.39, 0.29) is 45.6 Å². The summed E-state index contributed by atoms with van der Waals surface area (Å²) in [5, 5.41) is 9.92. The number of H-pyrrole nitrogens is 1. The summed E-state index contributed by atoms with van der Waals surface area (Å²) >= 11 is 6.09. The lowest BCUT2D eigenvalue weighted by atomic mass is 9.87. The number of nitrogens with one attached hydrogen (secondary N) is 2. The maximum atomic E-state index is 14.3. The second kappa shape index (κ2) is 9.70. The van der Waals surface area contributed by atoms with Gasteiger partial charge in [0, 0.05) is 29.6 Å². The van der Waals surface area contributed by atoms with E-state index >= 15 is 0 Å². The van der Waals surface area contributed by atoms with Gasteiger partial charge in [-0.1, -0.05) is 11.6 Å². The van der Waals surface area contributed by atoms with Crippen molar-refractivity contribution in [3.05, 3.63) is 58.6 Å². The molecule has 0 unspecified atom stereocenters. The highest BCUT2D eigenvalue weighted by Crippen LogP contribution is 2.50. The Morgan fingerprint density at radius 1 is 1.24 bits per heavy atom. The molecule has 194 valence electrons. The molecule has 2 N–H and O–H groups in total. The van der Waals surface area contributed by atoms with Gasteiger partial charge in [0.25, 0.3) is 5.91 Å². The van der Waals surface area contributed by atoms with Crippen LogP contribution in [0.1, 0.15) is 54.8 Å². The first-order valence-corrected chi connectivity index (χ1v) is 12.3. The zero-order valence-electron chi connectivity index (χ0n) is 20.2. The highest BCUT2D eigenvalue weighted by Gasteiger charge is 2.54. The fourth-order valence-corrected chi connectivity index (χ4v) is 5.25. The van der Waals surface area contributed by atoms with Gasteiger partial charge in [0.1, 0.15) is 11.5 Å². The number of carbonyl (C=O) groups excluding carboxylic acids is 2. The number of likely N-dealkylation sites (tertiary alicyclic amines) is 1. The number of nitrogens with zero attached hydrogens (tertiary/aromatic N) is 4. The van der Waals surface area contributed by atoms with Crippen molar-refractivity contribution in [2.24, 2.45) is 5.92 Å². The topological polar surface area (TPSA) is 113 Å². The maximum absolute atomic E-state index is 14.3. The Balaban J connectivity index is 1.26. The van der Waals surface area contributed by atoms with E-state index in [0.29, 0.717) is 25.1 Å². The number of aromatic nitrogens is 4. The summed E-state index contributed by atoms with van der Waals surface area (Å²) in [6, 6.07) is 3.60. The molecule has 9 nitrogen and oxygen atoms in total. The number of rotatable bonds is 6. The molecular formula is C25H25ClF2N6O3. The van der Waals surface area contributed by atoms with Crippen LogP contribution < -0.4 is 10.1 Å². The molecule has 12 heteroatoms. The van der Waals surface area contributed by atoms with Gasteiger partial charge in [-0.3, -0.25) is 19.7 Å². The van der Waals surface area contributed by atoms with Crippen molar-refractivity contribution in [3.8, 4) is 17.1 Å². The molecule has 1 saturated heterocycles. The Bertz CT molecular complexity index is 1360. The van der Waals surface area contributed by atoms with Crippen LogP contribution in [0.4, 0.5) is 8.78 Å². The van der Waals surface area contributed by atoms with Crippen LogP contribution in [-0.2, 0) is 4.79 Å². The minimum absolute atomic E-state index is 0.149. The number of piperidine rings is 1. The zero-order chi connectivity index (χ0) is 26.3. The lowest BCUT2D eigenvalue weighted by Crippen LogP contribution is -2.51. The van der Waals surface area contributed by atoms with E-state index < -0.39 is 23.2 Å². The highest BCUT2D eigenvalue weighted by atomic mass is 35.5. The van der Waals surface area contributed by atoms with E-state index in [1.54, 1.807) is 11.8 Å². The van der Waals surface area contributed by atoms with E-state index in [2.05, 4.69) is 25.5 Å². The van der Waals surface area contributed by atoms with E-state index in [0.717, 1.165) is 31.3 Å². The summed E-state index contributed by atoms with van der Waals surface area (Å²) in [5.74, 6) is -1.58. The molecule has 37 heavy (non-hydrogen) atoms. The van der Waals surface area contributed by atoms with E-state index in [1.807, 2.05) is 0 Å². The number of ether oxygens (including phenoxy) is 1. The number of pyridine rings is 2. The lowest BCUT2D eigenvalue weighted by molar-refractivity contribution is -0.128. The van der Waals surface area contributed by atoms with Crippen molar-refractivity contribution in [2.75, 3.05) is 13.7 Å². The Hall–Kier alpha value is -3.60. The predicted molar refractivity (Wildman–Crippen MR) is 130 cm³/mol. The molecule has 1 aliphatic heterocycles. The summed E-state index contributed by atoms with van der Waals surface area (Å²) in [7, 11) is 1.43. The van der Waals surface area contributed by atoms with Gasteiger partial charge in [0.05, 0.1) is 42.0 Å². The van der Waals surface area contributed by atoms with Gasteiger partial charge in [-0.25, -0.2) is 13.8 Å². The van der Waals surface area contributed by atoms with Crippen LogP contribution in [0.3, 0.4) is 0 Å². The molecule has 0 bridgehead atoms. The molecule has 2 amide bonds. The van der Waals surface area contributed by atoms with Gasteiger partial charge in [-0.15, -0.1) is 0 Å². The lowest BCUT2D eigenvalue weighted by Gasteiger charge is -2.39. The first-order chi connectivity index (χ1) is 17.7. The summed E-state index contributed by atoms with van der Waals surface area (Å²) < 4.78 is 32.7. The summed E-state index contributed by atoms with van der Waals surface area (Å²) in [6.07, 6.45) is 4.70. The number of hydrogen-bond acceptors (Lipinski definition) is 6. The third-order valence-corrected chi connectivity index (χ3v) is 7.37. The van der Waals surface area contributed by atoms with Crippen molar-refractivity contribution in [1.29, 1.82) is 0 Å². The number of aromatic amines is 1. The Morgan fingerprint density at radius 2 is 2.03 bits per heavy atom. The van der Waals surface area contributed by atoms with E-state index in [1.165, 1.54) is 19.2 Å². The average molecular weight is 531 g/mol. The Morgan fingerprint density at radius 3 is 2.73 bits per heavy atom. The summed E-state index contributed by atoms with van der Waals surface area (Å²) in [6.45, 7) is 2.14. The van der Waals surface area contributed by atoms with Crippen molar-refractivity contribution in [1.82, 2.24) is 30.4 Å². The highest BCUT2D eigenvalue weighted by molar-refractivity contribution is 6.31. The monoisotopic (exact) mass is 530 g/mol. The molecule has 2 fully saturated rings. The molecule has 3 aromatic rings. The van der Waals surface area contributed by atoms with Crippen LogP contribution in [0.15, 0.2) is 30.6 Å². The van der Waals surface area contributed by atoms with Crippen LogP contribution in [0.25, 0.3) is 11.3 Å². The smallest absolute Gasteiger partial charge is 0.272 e. The minimum Gasteiger partial charge on any atom is -0.481 e. The Kier molecular flexibility index (Phi) is 6.57. The fraction of sp³-hybridized carbons (Fsp3) is 0.400. The normalized spacial score (nSPS) is 18.9. The summed E-state index contributed by atoms with van der Waals surface area (Å²) in [4.78, 5) is 36.0. The molecule has 5 rings (SSSR count). The SMILES string of the molecule is COc1cc(-c2cc(C(=O)N3CC[C@H](C(=O)N[C@@H](C)c4ncc(F)cc4Cl)CC34CC4)[nH]n2)c(F)cn1.